The fourth-order valence-electron chi connectivity index (χ4n) is 1.21. The van der Waals surface area contributed by atoms with Gasteiger partial charge in [-0.2, -0.15) is 0 Å². The molecule has 6 heteroatoms. The Morgan fingerprint density at radius 2 is 2.12 bits per heavy atom. The molecule has 0 spiro atoms. The van der Waals surface area contributed by atoms with Crippen molar-refractivity contribution in [1.29, 1.82) is 0 Å². The molecule has 0 heterocycles. The quantitative estimate of drug-likeness (QED) is 0.815. The van der Waals surface area contributed by atoms with Crippen LogP contribution in [0.15, 0.2) is 12.1 Å². The van der Waals surface area contributed by atoms with Gasteiger partial charge in [0.2, 0.25) is 0 Å². The number of halogens is 3. The topological polar surface area (TPSA) is 46.5 Å². The van der Waals surface area contributed by atoms with E-state index < -0.39 is 24.0 Å². The number of hydrogen-bond donors (Lipinski definition) is 1. The Labute approximate surface area is 95.6 Å². The SMILES string of the molecule is O=C(O)Cc1cc(F)cc(F)c1OCCCl. The predicted octanol–water partition coefficient (Wildman–Crippen LogP) is 2.21. The molecule has 1 aromatic carbocycles. The van der Waals surface area contributed by atoms with Gasteiger partial charge in [-0.1, -0.05) is 0 Å². The normalized spacial score (nSPS) is 10.2. The highest BCUT2D eigenvalue weighted by Crippen LogP contribution is 2.25. The van der Waals surface area contributed by atoms with Gasteiger partial charge in [0, 0.05) is 11.6 Å². The van der Waals surface area contributed by atoms with Gasteiger partial charge in [0.15, 0.2) is 11.6 Å². The number of benzene rings is 1. The van der Waals surface area contributed by atoms with Gasteiger partial charge in [-0.3, -0.25) is 4.79 Å². The van der Waals surface area contributed by atoms with E-state index in [9.17, 15) is 13.6 Å². The molecule has 88 valence electrons. The molecule has 0 radical (unpaired) electrons. The average molecular weight is 251 g/mol. The Morgan fingerprint density at radius 1 is 1.44 bits per heavy atom. The predicted molar refractivity (Wildman–Crippen MR) is 53.9 cm³/mol. The molecule has 0 unspecified atom stereocenters. The molecule has 0 amide bonds. The van der Waals surface area contributed by atoms with Crippen LogP contribution in [-0.2, 0) is 11.2 Å². The summed E-state index contributed by atoms with van der Waals surface area (Å²) in [4.78, 5) is 10.5. The fourth-order valence-corrected chi connectivity index (χ4v) is 1.29. The van der Waals surface area contributed by atoms with E-state index in [1.807, 2.05) is 0 Å². The summed E-state index contributed by atoms with van der Waals surface area (Å²) in [6, 6.07) is 1.57. The van der Waals surface area contributed by atoms with Crippen molar-refractivity contribution >= 4 is 17.6 Å². The van der Waals surface area contributed by atoms with Gasteiger partial charge in [0.05, 0.1) is 12.3 Å². The Kier molecular flexibility index (Phi) is 4.49. The molecule has 0 bridgehead atoms. The van der Waals surface area contributed by atoms with Crippen molar-refractivity contribution in [2.75, 3.05) is 12.5 Å². The number of carboxylic acids is 1. The van der Waals surface area contributed by atoms with E-state index in [1.165, 1.54) is 0 Å². The van der Waals surface area contributed by atoms with Gasteiger partial charge in [-0.15, -0.1) is 11.6 Å². The number of alkyl halides is 1. The molecular formula is C10H9ClF2O3. The highest BCUT2D eigenvalue weighted by atomic mass is 35.5. The molecule has 1 N–H and O–H groups in total. The molecule has 0 saturated carbocycles. The van der Waals surface area contributed by atoms with Crippen LogP contribution in [0.4, 0.5) is 8.78 Å². The highest BCUT2D eigenvalue weighted by Gasteiger charge is 2.15. The average Bonchev–Trinajstić information content (AvgIpc) is 2.15. The van der Waals surface area contributed by atoms with E-state index in [1.54, 1.807) is 0 Å². The van der Waals surface area contributed by atoms with Crippen LogP contribution in [0.25, 0.3) is 0 Å². The van der Waals surface area contributed by atoms with Crippen LogP contribution >= 0.6 is 11.6 Å². The lowest BCUT2D eigenvalue weighted by Crippen LogP contribution is -2.08. The Morgan fingerprint density at radius 3 is 2.69 bits per heavy atom. The first-order valence-electron chi connectivity index (χ1n) is 4.43. The first kappa shape index (κ1) is 12.7. The van der Waals surface area contributed by atoms with Gasteiger partial charge in [0.1, 0.15) is 12.4 Å². The highest BCUT2D eigenvalue weighted by molar-refractivity contribution is 6.18. The third-order valence-electron chi connectivity index (χ3n) is 1.75. The molecule has 1 aromatic rings. The fraction of sp³-hybridized carbons (Fsp3) is 0.300. The molecule has 16 heavy (non-hydrogen) atoms. The molecule has 0 atom stereocenters. The smallest absolute Gasteiger partial charge is 0.307 e. The summed E-state index contributed by atoms with van der Waals surface area (Å²) in [5, 5.41) is 8.57. The molecule has 0 aliphatic rings. The summed E-state index contributed by atoms with van der Waals surface area (Å²) in [5.41, 5.74) is -0.0462. The van der Waals surface area contributed by atoms with Crippen LogP contribution < -0.4 is 4.74 Å². The molecule has 3 nitrogen and oxygen atoms in total. The largest absolute Gasteiger partial charge is 0.489 e. The van der Waals surface area contributed by atoms with E-state index in [2.05, 4.69) is 0 Å². The lowest BCUT2D eigenvalue weighted by Gasteiger charge is -2.10. The molecule has 0 aliphatic heterocycles. The molecule has 0 saturated heterocycles. The summed E-state index contributed by atoms with van der Waals surface area (Å²) in [6.07, 6.45) is -0.508. The lowest BCUT2D eigenvalue weighted by atomic mass is 10.1. The molecule has 0 aliphatic carbocycles. The third kappa shape index (κ3) is 3.34. The Bertz CT molecular complexity index is 396. The number of hydrogen-bond acceptors (Lipinski definition) is 2. The van der Waals surface area contributed by atoms with E-state index in [0.29, 0.717) is 6.07 Å². The van der Waals surface area contributed by atoms with Crippen molar-refractivity contribution < 1.29 is 23.4 Å². The van der Waals surface area contributed by atoms with Crippen LogP contribution in [-0.4, -0.2) is 23.6 Å². The van der Waals surface area contributed by atoms with Crippen molar-refractivity contribution in [3.63, 3.8) is 0 Å². The zero-order valence-corrected chi connectivity index (χ0v) is 8.93. The molecule has 0 fully saturated rings. The van der Waals surface area contributed by atoms with Crippen molar-refractivity contribution in [1.82, 2.24) is 0 Å². The summed E-state index contributed by atoms with van der Waals surface area (Å²) in [6.45, 7) is 0.0245. The zero-order valence-electron chi connectivity index (χ0n) is 8.17. The minimum absolute atomic E-state index is 0.0245. The number of aliphatic carboxylic acids is 1. The van der Waals surface area contributed by atoms with Crippen molar-refractivity contribution in [3.05, 3.63) is 29.3 Å². The summed E-state index contributed by atoms with van der Waals surface area (Å²) < 4.78 is 31.1. The second kappa shape index (κ2) is 5.65. The van der Waals surface area contributed by atoms with Crippen LogP contribution in [0.3, 0.4) is 0 Å². The molecule has 1 rings (SSSR count). The van der Waals surface area contributed by atoms with Gasteiger partial charge >= 0.3 is 5.97 Å². The standard InChI is InChI=1S/C10H9ClF2O3/c11-1-2-16-10-6(4-9(14)15)3-7(12)5-8(10)13/h3,5H,1-2,4H2,(H,14,15). The number of carboxylic acid groups (broad SMARTS) is 1. The first-order valence-corrected chi connectivity index (χ1v) is 4.96. The molecular weight excluding hydrogens is 242 g/mol. The van der Waals surface area contributed by atoms with Gasteiger partial charge in [0.25, 0.3) is 0 Å². The summed E-state index contributed by atoms with van der Waals surface area (Å²) in [7, 11) is 0. The summed E-state index contributed by atoms with van der Waals surface area (Å²) in [5.74, 6) is -3.10. The molecule has 0 aromatic heterocycles. The van der Waals surface area contributed by atoms with E-state index in [-0.39, 0.29) is 23.8 Å². The minimum atomic E-state index is -1.19. The van der Waals surface area contributed by atoms with Crippen molar-refractivity contribution in [3.8, 4) is 5.75 Å². The third-order valence-corrected chi connectivity index (χ3v) is 1.90. The van der Waals surface area contributed by atoms with E-state index >= 15 is 0 Å². The second-order valence-corrected chi connectivity index (χ2v) is 3.36. The van der Waals surface area contributed by atoms with E-state index in [0.717, 1.165) is 6.07 Å². The van der Waals surface area contributed by atoms with Gasteiger partial charge < -0.3 is 9.84 Å². The van der Waals surface area contributed by atoms with Crippen molar-refractivity contribution in [2.45, 2.75) is 6.42 Å². The second-order valence-electron chi connectivity index (χ2n) is 2.98. The van der Waals surface area contributed by atoms with Crippen LogP contribution in [0, 0.1) is 11.6 Å². The maximum atomic E-state index is 13.3. The van der Waals surface area contributed by atoms with Gasteiger partial charge in [-0.25, -0.2) is 8.78 Å². The Hall–Kier alpha value is -1.36. The zero-order chi connectivity index (χ0) is 12.1. The minimum Gasteiger partial charge on any atom is -0.489 e. The van der Waals surface area contributed by atoms with E-state index in [4.69, 9.17) is 21.4 Å². The maximum absolute atomic E-state index is 13.3. The number of rotatable bonds is 5. The Balaban J connectivity index is 3.05. The lowest BCUT2D eigenvalue weighted by molar-refractivity contribution is -0.136. The first-order chi connectivity index (χ1) is 7.54. The van der Waals surface area contributed by atoms with Gasteiger partial charge in [-0.05, 0) is 6.07 Å². The van der Waals surface area contributed by atoms with Crippen molar-refractivity contribution in [2.24, 2.45) is 0 Å². The van der Waals surface area contributed by atoms with Crippen LogP contribution in [0.1, 0.15) is 5.56 Å². The maximum Gasteiger partial charge on any atom is 0.307 e. The number of ether oxygens (including phenoxy) is 1. The number of carbonyl (C=O) groups is 1. The van der Waals surface area contributed by atoms with Crippen LogP contribution in [0.2, 0.25) is 0 Å². The van der Waals surface area contributed by atoms with Crippen LogP contribution in [0.5, 0.6) is 5.75 Å². The summed E-state index contributed by atoms with van der Waals surface area (Å²) >= 11 is 5.36. The monoisotopic (exact) mass is 250 g/mol.